The largest absolute Gasteiger partial charge is 0.497 e. The fourth-order valence-electron chi connectivity index (χ4n) is 3.98. The topological polar surface area (TPSA) is 83.7 Å². The monoisotopic (exact) mass is 421 g/mol. The van der Waals surface area contributed by atoms with E-state index < -0.39 is 0 Å². The van der Waals surface area contributed by atoms with Crippen molar-refractivity contribution in [2.45, 2.75) is 19.8 Å². The quantitative estimate of drug-likeness (QED) is 0.585. The second kappa shape index (κ2) is 9.12. The van der Waals surface area contributed by atoms with Crippen LogP contribution < -0.4 is 19.7 Å². The third kappa shape index (κ3) is 4.50. The summed E-state index contributed by atoms with van der Waals surface area (Å²) in [6, 6.07) is 13.3. The van der Waals surface area contributed by atoms with Crippen LogP contribution in [0, 0.1) is 5.92 Å². The number of amides is 2. The van der Waals surface area contributed by atoms with Crippen LogP contribution >= 0.6 is 0 Å². The number of anilines is 1. The molecule has 7 heteroatoms. The van der Waals surface area contributed by atoms with E-state index >= 15 is 0 Å². The minimum atomic E-state index is -0.345. The van der Waals surface area contributed by atoms with E-state index in [9.17, 15) is 9.59 Å². The molecule has 0 saturated carbocycles. The number of H-pyrrole nitrogens is 1. The first-order valence-electron chi connectivity index (χ1n) is 10.5. The zero-order valence-corrected chi connectivity index (χ0v) is 17.8. The Balaban J connectivity index is 1.33. The zero-order chi connectivity index (χ0) is 21.8. The van der Waals surface area contributed by atoms with Crippen LogP contribution in [0.25, 0.3) is 10.9 Å². The van der Waals surface area contributed by atoms with E-state index in [0.717, 1.165) is 33.7 Å². The van der Waals surface area contributed by atoms with Gasteiger partial charge in [0.05, 0.1) is 19.6 Å². The van der Waals surface area contributed by atoms with Crippen LogP contribution in [0.1, 0.15) is 18.9 Å². The molecule has 2 heterocycles. The summed E-state index contributed by atoms with van der Waals surface area (Å²) >= 11 is 0. The molecular formula is C24H27N3O4. The van der Waals surface area contributed by atoms with E-state index in [4.69, 9.17) is 9.47 Å². The van der Waals surface area contributed by atoms with Crippen molar-refractivity contribution in [3.63, 3.8) is 0 Å². The van der Waals surface area contributed by atoms with Gasteiger partial charge >= 0.3 is 0 Å². The number of benzene rings is 2. The van der Waals surface area contributed by atoms with Gasteiger partial charge < -0.3 is 24.7 Å². The Bertz CT molecular complexity index is 1070. The van der Waals surface area contributed by atoms with Gasteiger partial charge in [0.2, 0.25) is 11.8 Å². The number of rotatable bonds is 8. The van der Waals surface area contributed by atoms with Gasteiger partial charge in [-0.15, -0.1) is 0 Å². The Morgan fingerprint density at radius 2 is 1.97 bits per heavy atom. The summed E-state index contributed by atoms with van der Waals surface area (Å²) in [5, 5.41) is 4.08. The first-order valence-corrected chi connectivity index (χ1v) is 10.5. The average Bonchev–Trinajstić information content (AvgIpc) is 3.37. The first-order chi connectivity index (χ1) is 15.1. The third-order valence-corrected chi connectivity index (χ3v) is 5.62. The summed E-state index contributed by atoms with van der Waals surface area (Å²) in [4.78, 5) is 30.0. The van der Waals surface area contributed by atoms with Crippen LogP contribution in [0.3, 0.4) is 0 Å². The molecule has 1 atom stereocenters. The predicted octanol–water partition coefficient (Wildman–Crippen LogP) is 3.29. The molecule has 2 amide bonds. The highest BCUT2D eigenvalue weighted by molar-refractivity contribution is 6.00. The van der Waals surface area contributed by atoms with E-state index in [-0.39, 0.29) is 24.2 Å². The number of aromatic amines is 1. The van der Waals surface area contributed by atoms with Crippen molar-refractivity contribution >= 4 is 28.4 Å². The van der Waals surface area contributed by atoms with Crippen molar-refractivity contribution in [2.75, 3.05) is 31.7 Å². The van der Waals surface area contributed by atoms with Gasteiger partial charge in [-0.1, -0.05) is 0 Å². The van der Waals surface area contributed by atoms with Crippen molar-refractivity contribution in [1.29, 1.82) is 0 Å². The molecule has 0 spiro atoms. The summed E-state index contributed by atoms with van der Waals surface area (Å²) in [5.41, 5.74) is 2.94. The summed E-state index contributed by atoms with van der Waals surface area (Å²) in [7, 11) is 1.65. The molecular weight excluding hydrogens is 394 g/mol. The molecule has 0 unspecified atom stereocenters. The second-order valence-corrected chi connectivity index (χ2v) is 7.60. The second-order valence-electron chi connectivity index (χ2n) is 7.60. The summed E-state index contributed by atoms with van der Waals surface area (Å²) in [6.07, 6.45) is 2.88. The molecule has 1 aliphatic heterocycles. The van der Waals surface area contributed by atoms with Gasteiger partial charge in [0.15, 0.2) is 0 Å². The van der Waals surface area contributed by atoms with Crippen LogP contribution in [0.2, 0.25) is 0 Å². The predicted molar refractivity (Wildman–Crippen MR) is 120 cm³/mol. The number of ether oxygens (including phenoxy) is 2. The lowest BCUT2D eigenvalue weighted by Crippen LogP contribution is -2.34. The smallest absolute Gasteiger partial charge is 0.227 e. The molecule has 31 heavy (non-hydrogen) atoms. The molecule has 162 valence electrons. The molecule has 4 rings (SSSR count). The molecule has 0 radical (unpaired) electrons. The number of nitrogens with one attached hydrogen (secondary N) is 2. The molecule has 2 N–H and O–H groups in total. The Kier molecular flexibility index (Phi) is 6.11. The molecule has 1 aromatic heterocycles. The van der Waals surface area contributed by atoms with Crippen LogP contribution in [-0.2, 0) is 16.0 Å². The number of fused-ring (bicyclic) bond motifs is 1. The molecule has 0 aliphatic carbocycles. The maximum Gasteiger partial charge on any atom is 0.227 e. The third-order valence-electron chi connectivity index (χ3n) is 5.62. The summed E-state index contributed by atoms with van der Waals surface area (Å²) in [6.45, 7) is 3.42. The number of hydrogen-bond donors (Lipinski definition) is 2. The van der Waals surface area contributed by atoms with Crippen molar-refractivity contribution in [3.05, 3.63) is 54.2 Å². The lowest BCUT2D eigenvalue weighted by atomic mass is 10.1. The maximum absolute atomic E-state index is 12.7. The minimum absolute atomic E-state index is 0.0342. The van der Waals surface area contributed by atoms with Gasteiger partial charge in [-0.25, -0.2) is 0 Å². The van der Waals surface area contributed by atoms with E-state index in [2.05, 4.69) is 10.3 Å². The average molecular weight is 421 g/mol. The highest BCUT2D eigenvalue weighted by Gasteiger charge is 2.34. The Morgan fingerprint density at radius 1 is 1.19 bits per heavy atom. The summed E-state index contributed by atoms with van der Waals surface area (Å²) in [5.74, 6) is 1.10. The number of methoxy groups -OCH3 is 1. The lowest BCUT2D eigenvalue weighted by Gasteiger charge is -2.17. The Labute approximate surface area is 181 Å². The standard InChI is InChI=1S/C24H27N3O4/c1-3-31-19-6-4-18(5-7-19)27-15-17(12-23(27)28)24(29)25-11-10-16-14-26-22-9-8-20(30-2)13-21(16)22/h4-9,13-14,17,26H,3,10-12,15H2,1-2H3,(H,25,29)/t17-/m0/s1. The SMILES string of the molecule is CCOc1ccc(N2C[C@@H](C(=O)NCCc3c[nH]c4ccc(OC)cc34)CC2=O)cc1. The highest BCUT2D eigenvalue weighted by atomic mass is 16.5. The van der Waals surface area contributed by atoms with Gasteiger partial charge in [-0.2, -0.15) is 0 Å². The fourth-order valence-corrected chi connectivity index (χ4v) is 3.98. The highest BCUT2D eigenvalue weighted by Crippen LogP contribution is 2.27. The van der Waals surface area contributed by atoms with Crippen LogP contribution in [0.5, 0.6) is 11.5 Å². The molecule has 1 aliphatic rings. The van der Waals surface area contributed by atoms with Crippen molar-refractivity contribution in [2.24, 2.45) is 5.92 Å². The zero-order valence-electron chi connectivity index (χ0n) is 17.8. The number of hydrogen-bond acceptors (Lipinski definition) is 4. The van der Waals surface area contributed by atoms with E-state index in [1.54, 1.807) is 12.0 Å². The van der Waals surface area contributed by atoms with E-state index in [1.807, 2.05) is 55.6 Å². The molecule has 1 fully saturated rings. The molecule has 1 saturated heterocycles. The van der Waals surface area contributed by atoms with Gasteiger partial charge in [0, 0.05) is 42.3 Å². The lowest BCUT2D eigenvalue weighted by molar-refractivity contribution is -0.126. The van der Waals surface area contributed by atoms with Gasteiger partial charge in [0.25, 0.3) is 0 Å². The van der Waals surface area contributed by atoms with E-state index in [0.29, 0.717) is 26.1 Å². The van der Waals surface area contributed by atoms with Crippen LogP contribution in [0.4, 0.5) is 5.69 Å². The fraction of sp³-hybridized carbons (Fsp3) is 0.333. The van der Waals surface area contributed by atoms with E-state index in [1.165, 1.54) is 0 Å². The van der Waals surface area contributed by atoms with Crippen LogP contribution in [-0.4, -0.2) is 43.6 Å². The Hall–Kier alpha value is -3.48. The molecule has 3 aromatic rings. The Morgan fingerprint density at radius 3 is 2.71 bits per heavy atom. The number of nitrogens with zero attached hydrogens (tertiary/aromatic N) is 1. The normalized spacial score (nSPS) is 16.0. The summed E-state index contributed by atoms with van der Waals surface area (Å²) < 4.78 is 10.8. The molecule has 7 nitrogen and oxygen atoms in total. The minimum Gasteiger partial charge on any atom is -0.497 e. The van der Waals surface area contributed by atoms with Crippen LogP contribution in [0.15, 0.2) is 48.7 Å². The van der Waals surface area contributed by atoms with Crippen molar-refractivity contribution in [3.8, 4) is 11.5 Å². The van der Waals surface area contributed by atoms with Gasteiger partial charge in [-0.3, -0.25) is 9.59 Å². The van der Waals surface area contributed by atoms with Crippen molar-refractivity contribution in [1.82, 2.24) is 10.3 Å². The number of carbonyl (C=O) groups excluding carboxylic acids is 2. The molecule has 2 aromatic carbocycles. The van der Waals surface area contributed by atoms with Gasteiger partial charge in [-0.05, 0) is 61.4 Å². The first kappa shape index (κ1) is 20.8. The van der Waals surface area contributed by atoms with Crippen molar-refractivity contribution < 1.29 is 19.1 Å². The maximum atomic E-state index is 12.7. The molecule has 0 bridgehead atoms. The van der Waals surface area contributed by atoms with Gasteiger partial charge in [0.1, 0.15) is 11.5 Å². The number of carbonyl (C=O) groups is 2. The number of aromatic nitrogens is 1.